The van der Waals surface area contributed by atoms with E-state index in [1.54, 1.807) is 4.31 Å². The monoisotopic (exact) mass is 398 g/mol. The van der Waals surface area contributed by atoms with Crippen LogP contribution >= 0.6 is 0 Å². The van der Waals surface area contributed by atoms with E-state index in [1.807, 2.05) is 65.6 Å². The normalized spacial score (nSPS) is 20.0. The highest BCUT2D eigenvalue weighted by Crippen LogP contribution is 2.42. The topological polar surface area (TPSA) is 57.7 Å². The summed E-state index contributed by atoms with van der Waals surface area (Å²) in [7, 11) is -3.32. The van der Waals surface area contributed by atoms with Crippen LogP contribution < -0.4 is 0 Å². The van der Waals surface area contributed by atoms with Crippen molar-refractivity contribution in [1.29, 1.82) is 0 Å². The standard InChI is InChI=1S/C22H26N2O3S/c25-21-15-22(18-23(21)16-19-7-3-1-4-8-19)11-13-24(14-12-22)28(26,27)17-20-9-5-2-6-10-20/h1-10H,11-18H2. The Labute approximate surface area is 167 Å². The summed E-state index contributed by atoms with van der Waals surface area (Å²) in [5.74, 6) is 0.226. The fraction of sp³-hybridized carbons (Fsp3) is 0.409. The summed E-state index contributed by atoms with van der Waals surface area (Å²) in [4.78, 5) is 14.5. The lowest BCUT2D eigenvalue weighted by atomic mass is 9.78. The fourth-order valence-electron chi connectivity index (χ4n) is 4.38. The van der Waals surface area contributed by atoms with Gasteiger partial charge in [0.1, 0.15) is 0 Å². The lowest BCUT2D eigenvalue weighted by Crippen LogP contribution is -2.44. The van der Waals surface area contributed by atoms with Crippen LogP contribution in [-0.2, 0) is 27.1 Å². The Balaban J connectivity index is 1.37. The molecule has 1 spiro atoms. The minimum atomic E-state index is -3.32. The van der Waals surface area contributed by atoms with Crippen molar-refractivity contribution < 1.29 is 13.2 Å². The number of rotatable bonds is 5. The first kappa shape index (κ1) is 19.2. The molecule has 0 saturated carbocycles. The van der Waals surface area contributed by atoms with Gasteiger partial charge < -0.3 is 4.90 Å². The number of carbonyl (C=O) groups is 1. The van der Waals surface area contributed by atoms with Crippen molar-refractivity contribution in [3.63, 3.8) is 0 Å². The summed E-state index contributed by atoms with van der Waals surface area (Å²) in [5.41, 5.74) is 1.87. The van der Waals surface area contributed by atoms with Crippen molar-refractivity contribution in [3.8, 4) is 0 Å². The summed E-state index contributed by atoms with van der Waals surface area (Å²) in [6.07, 6.45) is 2.03. The Morgan fingerprint density at radius 3 is 2.04 bits per heavy atom. The molecule has 28 heavy (non-hydrogen) atoms. The van der Waals surface area contributed by atoms with Crippen LogP contribution in [0.5, 0.6) is 0 Å². The van der Waals surface area contributed by atoms with E-state index in [0.717, 1.165) is 30.5 Å². The van der Waals surface area contributed by atoms with E-state index in [0.29, 0.717) is 26.1 Å². The van der Waals surface area contributed by atoms with Gasteiger partial charge in [-0.25, -0.2) is 12.7 Å². The number of amides is 1. The Bertz CT molecular complexity index is 921. The second-order valence-corrected chi connectivity index (χ2v) is 10.0. The maximum absolute atomic E-state index is 12.8. The molecule has 2 aliphatic heterocycles. The van der Waals surface area contributed by atoms with Gasteiger partial charge >= 0.3 is 0 Å². The second-order valence-electron chi connectivity index (χ2n) is 8.05. The molecule has 6 heteroatoms. The van der Waals surface area contributed by atoms with Crippen molar-refractivity contribution >= 4 is 15.9 Å². The third-order valence-corrected chi connectivity index (χ3v) is 7.84. The van der Waals surface area contributed by atoms with Crippen LogP contribution in [0.4, 0.5) is 0 Å². The lowest BCUT2D eigenvalue weighted by molar-refractivity contribution is -0.128. The lowest BCUT2D eigenvalue weighted by Gasteiger charge is -2.38. The zero-order chi connectivity index (χ0) is 19.6. The molecule has 2 heterocycles. The molecule has 148 valence electrons. The van der Waals surface area contributed by atoms with Gasteiger partial charge in [-0.3, -0.25) is 4.79 Å². The first-order valence-corrected chi connectivity index (χ1v) is 11.4. The maximum atomic E-state index is 12.8. The molecule has 0 bridgehead atoms. The molecule has 0 atom stereocenters. The van der Waals surface area contributed by atoms with Gasteiger partial charge in [-0.1, -0.05) is 60.7 Å². The quantitative estimate of drug-likeness (QED) is 0.778. The first-order chi connectivity index (χ1) is 13.5. The summed E-state index contributed by atoms with van der Waals surface area (Å²) < 4.78 is 27.2. The van der Waals surface area contributed by atoms with Gasteiger partial charge in [0.05, 0.1) is 5.75 Å². The predicted molar refractivity (Wildman–Crippen MR) is 109 cm³/mol. The molecule has 0 radical (unpaired) electrons. The summed E-state index contributed by atoms with van der Waals surface area (Å²) in [6, 6.07) is 19.3. The number of benzene rings is 2. The number of piperidine rings is 1. The largest absolute Gasteiger partial charge is 0.338 e. The summed E-state index contributed by atoms with van der Waals surface area (Å²) in [6.45, 7) is 2.37. The zero-order valence-corrected chi connectivity index (χ0v) is 16.8. The van der Waals surface area contributed by atoms with E-state index >= 15 is 0 Å². The van der Waals surface area contributed by atoms with Gasteiger partial charge in [0, 0.05) is 32.6 Å². The van der Waals surface area contributed by atoms with Crippen molar-refractivity contribution in [3.05, 3.63) is 71.8 Å². The van der Waals surface area contributed by atoms with E-state index in [9.17, 15) is 13.2 Å². The second kappa shape index (κ2) is 7.68. The molecule has 5 nitrogen and oxygen atoms in total. The molecule has 2 fully saturated rings. The Hall–Kier alpha value is -2.18. The third kappa shape index (κ3) is 4.13. The van der Waals surface area contributed by atoms with Crippen LogP contribution in [0.25, 0.3) is 0 Å². The Morgan fingerprint density at radius 1 is 0.857 bits per heavy atom. The molecule has 2 aromatic rings. The molecule has 0 N–H and O–H groups in total. The number of carbonyl (C=O) groups excluding carboxylic acids is 1. The van der Waals surface area contributed by atoms with Crippen molar-refractivity contribution in [2.24, 2.45) is 5.41 Å². The number of likely N-dealkylation sites (tertiary alicyclic amines) is 1. The smallest absolute Gasteiger partial charge is 0.223 e. The number of hydrogen-bond acceptors (Lipinski definition) is 3. The van der Waals surface area contributed by atoms with Crippen molar-refractivity contribution in [2.75, 3.05) is 19.6 Å². The average Bonchev–Trinajstić information content (AvgIpc) is 2.98. The van der Waals surface area contributed by atoms with Crippen LogP contribution in [0.15, 0.2) is 60.7 Å². The molecule has 0 unspecified atom stereocenters. The molecule has 0 aliphatic carbocycles. The predicted octanol–water partition coefficient (Wildman–Crippen LogP) is 3.03. The van der Waals surface area contributed by atoms with Gasteiger partial charge in [-0.15, -0.1) is 0 Å². The van der Waals surface area contributed by atoms with E-state index in [2.05, 4.69) is 0 Å². The number of nitrogens with zero attached hydrogens (tertiary/aromatic N) is 2. The number of sulfonamides is 1. The summed E-state index contributed by atoms with van der Waals surface area (Å²) >= 11 is 0. The van der Waals surface area contributed by atoms with Crippen LogP contribution in [-0.4, -0.2) is 43.2 Å². The molecule has 2 aromatic carbocycles. The van der Waals surface area contributed by atoms with Crippen molar-refractivity contribution in [1.82, 2.24) is 9.21 Å². The van der Waals surface area contributed by atoms with Gasteiger partial charge in [0.2, 0.25) is 15.9 Å². The van der Waals surface area contributed by atoms with E-state index in [1.165, 1.54) is 0 Å². The minimum absolute atomic E-state index is 0.0416. The first-order valence-electron chi connectivity index (χ1n) is 9.79. The molecule has 1 amide bonds. The Morgan fingerprint density at radius 2 is 1.43 bits per heavy atom. The highest BCUT2D eigenvalue weighted by Gasteiger charge is 2.46. The maximum Gasteiger partial charge on any atom is 0.223 e. The van der Waals surface area contributed by atoms with E-state index in [4.69, 9.17) is 0 Å². The number of hydrogen-bond donors (Lipinski definition) is 0. The van der Waals surface area contributed by atoms with Gasteiger partial charge in [0.25, 0.3) is 0 Å². The highest BCUT2D eigenvalue weighted by atomic mass is 32.2. The summed E-state index contributed by atoms with van der Waals surface area (Å²) in [5, 5.41) is 0. The van der Waals surface area contributed by atoms with Gasteiger partial charge in [0.15, 0.2) is 0 Å². The van der Waals surface area contributed by atoms with Gasteiger partial charge in [-0.2, -0.15) is 0 Å². The SMILES string of the molecule is O=C1CC2(CCN(S(=O)(=O)Cc3ccccc3)CC2)CN1Cc1ccccc1. The van der Waals surface area contributed by atoms with Crippen molar-refractivity contribution in [2.45, 2.75) is 31.6 Å². The third-order valence-electron chi connectivity index (χ3n) is 5.99. The Kier molecular flexibility index (Phi) is 5.25. The molecular weight excluding hydrogens is 372 g/mol. The van der Waals surface area contributed by atoms with Crippen LogP contribution in [0.1, 0.15) is 30.4 Å². The molecule has 2 saturated heterocycles. The van der Waals surface area contributed by atoms with Gasteiger partial charge in [-0.05, 0) is 29.4 Å². The molecule has 0 aromatic heterocycles. The fourth-order valence-corrected chi connectivity index (χ4v) is 5.91. The highest BCUT2D eigenvalue weighted by molar-refractivity contribution is 7.88. The molecular formula is C22H26N2O3S. The minimum Gasteiger partial charge on any atom is -0.338 e. The van der Waals surface area contributed by atoms with E-state index < -0.39 is 10.0 Å². The zero-order valence-electron chi connectivity index (χ0n) is 16.0. The molecule has 2 aliphatic rings. The van der Waals surface area contributed by atoms with Crippen LogP contribution in [0, 0.1) is 5.41 Å². The van der Waals surface area contributed by atoms with Crippen LogP contribution in [0.2, 0.25) is 0 Å². The van der Waals surface area contributed by atoms with Crippen LogP contribution in [0.3, 0.4) is 0 Å². The average molecular weight is 399 g/mol. The molecule has 4 rings (SSSR count). The van der Waals surface area contributed by atoms with E-state index in [-0.39, 0.29) is 17.1 Å².